The smallest absolute Gasteiger partial charge is 0.0136 e. The van der Waals surface area contributed by atoms with Crippen molar-refractivity contribution < 1.29 is 0 Å². The summed E-state index contributed by atoms with van der Waals surface area (Å²) >= 11 is 0. The quantitative estimate of drug-likeness (QED) is 0.643. The van der Waals surface area contributed by atoms with E-state index in [4.69, 9.17) is 5.73 Å². The maximum absolute atomic E-state index is 5.57. The first-order valence-corrected chi connectivity index (χ1v) is 5.15. The highest BCUT2D eigenvalue weighted by molar-refractivity contribution is 5.03. The SMILES string of the molecule is C=C(CN)C1CCC(CC)CC1. The minimum Gasteiger partial charge on any atom is -0.327 e. The molecule has 0 radical (unpaired) electrons. The third kappa shape index (κ3) is 2.34. The Morgan fingerprint density at radius 3 is 2.33 bits per heavy atom. The standard InChI is InChI=1S/C11H21N/c1-3-10-4-6-11(7-5-10)9(2)8-12/h10-11H,2-8,12H2,1H3. The van der Waals surface area contributed by atoms with Gasteiger partial charge in [0.05, 0.1) is 0 Å². The summed E-state index contributed by atoms with van der Waals surface area (Å²) in [6, 6.07) is 0. The van der Waals surface area contributed by atoms with Gasteiger partial charge in [-0.3, -0.25) is 0 Å². The molecule has 1 fully saturated rings. The maximum Gasteiger partial charge on any atom is 0.0136 e. The number of rotatable bonds is 3. The second-order valence-corrected chi connectivity index (χ2v) is 3.99. The molecule has 0 amide bonds. The Bertz CT molecular complexity index is 143. The van der Waals surface area contributed by atoms with Crippen LogP contribution in [0.2, 0.25) is 0 Å². The predicted molar refractivity (Wildman–Crippen MR) is 53.9 cm³/mol. The van der Waals surface area contributed by atoms with E-state index in [2.05, 4.69) is 13.5 Å². The molecule has 1 rings (SSSR count). The number of hydrogen-bond acceptors (Lipinski definition) is 1. The molecule has 0 aromatic carbocycles. The Morgan fingerprint density at radius 2 is 1.92 bits per heavy atom. The van der Waals surface area contributed by atoms with E-state index in [1.807, 2.05) is 0 Å². The molecule has 0 aromatic heterocycles. The first-order valence-electron chi connectivity index (χ1n) is 5.15. The summed E-state index contributed by atoms with van der Waals surface area (Å²) in [7, 11) is 0. The van der Waals surface area contributed by atoms with Crippen molar-refractivity contribution in [3.05, 3.63) is 12.2 Å². The van der Waals surface area contributed by atoms with Gasteiger partial charge in [-0.1, -0.05) is 25.5 Å². The Kier molecular flexibility index (Phi) is 3.80. The molecule has 1 aliphatic carbocycles. The van der Waals surface area contributed by atoms with Crippen LogP contribution in [0.3, 0.4) is 0 Å². The molecular weight excluding hydrogens is 146 g/mol. The summed E-state index contributed by atoms with van der Waals surface area (Å²) in [6.07, 6.45) is 6.78. The molecule has 0 heterocycles. The number of nitrogens with two attached hydrogens (primary N) is 1. The molecule has 12 heavy (non-hydrogen) atoms. The summed E-state index contributed by atoms with van der Waals surface area (Å²) in [5.74, 6) is 1.71. The van der Waals surface area contributed by atoms with E-state index < -0.39 is 0 Å². The second-order valence-electron chi connectivity index (χ2n) is 3.99. The van der Waals surface area contributed by atoms with E-state index >= 15 is 0 Å². The maximum atomic E-state index is 5.57. The van der Waals surface area contributed by atoms with Crippen molar-refractivity contribution in [2.45, 2.75) is 39.0 Å². The summed E-state index contributed by atoms with van der Waals surface area (Å²) in [6.45, 7) is 7.00. The lowest BCUT2D eigenvalue weighted by atomic mass is 9.78. The average molecular weight is 167 g/mol. The number of hydrogen-bond donors (Lipinski definition) is 1. The molecule has 70 valence electrons. The van der Waals surface area contributed by atoms with Crippen molar-refractivity contribution in [1.82, 2.24) is 0 Å². The first-order chi connectivity index (χ1) is 5.77. The molecule has 1 nitrogen and oxygen atoms in total. The van der Waals surface area contributed by atoms with E-state index in [1.54, 1.807) is 0 Å². The third-order valence-electron chi connectivity index (χ3n) is 3.26. The lowest BCUT2D eigenvalue weighted by molar-refractivity contribution is 0.294. The zero-order chi connectivity index (χ0) is 8.97. The highest BCUT2D eigenvalue weighted by Crippen LogP contribution is 2.33. The molecule has 1 saturated carbocycles. The van der Waals surface area contributed by atoms with E-state index in [9.17, 15) is 0 Å². The average Bonchev–Trinajstić information content (AvgIpc) is 2.17. The Morgan fingerprint density at radius 1 is 1.33 bits per heavy atom. The third-order valence-corrected chi connectivity index (χ3v) is 3.26. The highest BCUT2D eigenvalue weighted by atomic mass is 14.5. The Balaban J connectivity index is 2.30. The predicted octanol–water partition coefficient (Wildman–Crippen LogP) is 2.72. The van der Waals surface area contributed by atoms with Gasteiger partial charge in [0.2, 0.25) is 0 Å². The largest absolute Gasteiger partial charge is 0.327 e. The topological polar surface area (TPSA) is 26.0 Å². The van der Waals surface area contributed by atoms with Gasteiger partial charge in [0, 0.05) is 6.54 Å². The lowest BCUT2D eigenvalue weighted by Crippen LogP contribution is -2.19. The zero-order valence-electron chi connectivity index (χ0n) is 8.18. The molecule has 0 unspecified atom stereocenters. The first kappa shape index (κ1) is 9.79. The van der Waals surface area contributed by atoms with Crippen LogP contribution in [0.25, 0.3) is 0 Å². The van der Waals surface area contributed by atoms with Crippen LogP contribution in [0.5, 0.6) is 0 Å². The van der Waals surface area contributed by atoms with Gasteiger partial charge in [0.25, 0.3) is 0 Å². The van der Waals surface area contributed by atoms with Gasteiger partial charge >= 0.3 is 0 Å². The zero-order valence-corrected chi connectivity index (χ0v) is 8.18. The fraction of sp³-hybridized carbons (Fsp3) is 0.818. The van der Waals surface area contributed by atoms with Crippen molar-refractivity contribution in [3.63, 3.8) is 0 Å². The van der Waals surface area contributed by atoms with Gasteiger partial charge in [-0.05, 0) is 37.5 Å². The molecule has 1 heteroatoms. The van der Waals surface area contributed by atoms with E-state index in [1.165, 1.54) is 37.7 Å². The minimum absolute atomic E-state index is 0.682. The van der Waals surface area contributed by atoms with Crippen molar-refractivity contribution in [1.29, 1.82) is 0 Å². The summed E-state index contributed by atoms with van der Waals surface area (Å²) in [5.41, 5.74) is 6.84. The van der Waals surface area contributed by atoms with Crippen LogP contribution in [0.4, 0.5) is 0 Å². The highest BCUT2D eigenvalue weighted by Gasteiger charge is 2.20. The fourth-order valence-corrected chi connectivity index (χ4v) is 2.15. The molecule has 1 aliphatic rings. The summed E-state index contributed by atoms with van der Waals surface area (Å²) < 4.78 is 0. The fourth-order valence-electron chi connectivity index (χ4n) is 2.15. The molecule has 0 bridgehead atoms. The van der Waals surface area contributed by atoms with Crippen LogP contribution in [-0.4, -0.2) is 6.54 Å². The van der Waals surface area contributed by atoms with Crippen molar-refractivity contribution in [2.24, 2.45) is 17.6 Å². The summed E-state index contributed by atoms with van der Waals surface area (Å²) in [4.78, 5) is 0. The van der Waals surface area contributed by atoms with Crippen molar-refractivity contribution in [3.8, 4) is 0 Å². The van der Waals surface area contributed by atoms with Crippen LogP contribution in [0, 0.1) is 11.8 Å². The molecular formula is C11H21N. The minimum atomic E-state index is 0.682. The van der Waals surface area contributed by atoms with Crippen LogP contribution in [0.15, 0.2) is 12.2 Å². The molecule has 2 N–H and O–H groups in total. The van der Waals surface area contributed by atoms with E-state index in [0.717, 1.165) is 11.8 Å². The van der Waals surface area contributed by atoms with E-state index in [-0.39, 0.29) is 0 Å². The second kappa shape index (κ2) is 4.66. The van der Waals surface area contributed by atoms with Gasteiger partial charge in [-0.2, -0.15) is 0 Å². The van der Waals surface area contributed by atoms with Crippen LogP contribution in [-0.2, 0) is 0 Å². The van der Waals surface area contributed by atoms with E-state index in [0.29, 0.717) is 6.54 Å². The molecule has 0 spiro atoms. The van der Waals surface area contributed by atoms with Gasteiger partial charge in [-0.15, -0.1) is 0 Å². The lowest BCUT2D eigenvalue weighted by Gasteiger charge is -2.28. The normalized spacial score (nSPS) is 30.2. The monoisotopic (exact) mass is 167 g/mol. The Hall–Kier alpha value is -0.300. The van der Waals surface area contributed by atoms with Crippen LogP contribution < -0.4 is 5.73 Å². The summed E-state index contributed by atoms with van der Waals surface area (Å²) in [5, 5.41) is 0. The molecule has 0 atom stereocenters. The molecule has 0 saturated heterocycles. The van der Waals surface area contributed by atoms with Crippen LogP contribution >= 0.6 is 0 Å². The van der Waals surface area contributed by atoms with Gasteiger partial charge < -0.3 is 5.73 Å². The molecule has 0 aliphatic heterocycles. The van der Waals surface area contributed by atoms with Crippen LogP contribution in [0.1, 0.15) is 39.0 Å². The molecule has 0 aromatic rings. The van der Waals surface area contributed by atoms with Gasteiger partial charge in [-0.25, -0.2) is 0 Å². The Labute approximate surface area is 76.0 Å². The van der Waals surface area contributed by atoms with Crippen molar-refractivity contribution in [2.75, 3.05) is 6.54 Å². The van der Waals surface area contributed by atoms with Gasteiger partial charge in [0.15, 0.2) is 0 Å². The van der Waals surface area contributed by atoms with Crippen molar-refractivity contribution >= 4 is 0 Å². The van der Waals surface area contributed by atoms with Gasteiger partial charge in [0.1, 0.15) is 0 Å².